The van der Waals surface area contributed by atoms with Gasteiger partial charge >= 0.3 is 0 Å². The highest BCUT2D eigenvalue weighted by atomic mass is 35.5. The molecule has 7 nitrogen and oxygen atoms in total. The maximum absolute atomic E-state index is 13.8. The van der Waals surface area contributed by atoms with Crippen LogP contribution in [0.4, 0.5) is 15.8 Å². The molecule has 5 rings (SSSR count). The standard InChI is InChI=1S/C25H27ClFN7/c1-15-20(14-33(2)32-15)16-10-23-24(30-18-6-4-3-5-7-18)19(12-29-34(23)13-16)25(28)31-22-11-17(27)8-9-21(22)26/h8-14,18,30H,3-7H2,1-2H3,(H2,28,31). The predicted molar refractivity (Wildman–Crippen MR) is 134 cm³/mol. The van der Waals surface area contributed by atoms with Crippen LogP contribution in [0.5, 0.6) is 0 Å². The Kier molecular flexibility index (Phi) is 6.00. The average Bonchev–Trinajstić information content (AvgIpc) is 3.39. The minimum Gasteiger partial charge on any atom is -0.383 e. The summed E-state index contributed by atoms with van der Waals surface area (Å²) in [5.41, 5.74) is 12.2. The van der Waals surface area contributed by atoms with Crippen LogP contribution in [0, 0.1) is 12.7 Å². The van der Waals surface area contributed by atoms with Crippen LogP contribution < -0.4 is 11.1 Å². The number of benzene rings is 1. The van der Waals surface area contributed by atoms with Gasteiger partial charge in [0.1, 0.15) is 11.7 Å². The lowest BCUT2D eigenvalue weighted by Gasteiger charge is -2.25. The van der Waals surface area contributed by atoms with Gasteiger partial charge in [-0.3, -0.25) is 4.68 Å². The molecule has 0 bridgehead atoms. The van der Waals surface area contributed by atoms with Crippen molar-refractivity contribution in [2.45, 2.75) is 45.1 Å². The highest BCUT2D eigenvalue weighted by Gasteiger charge is 2.20. The molecule has 176 valence electrons. The Bertz CT molecular complexity index is 1380. The Morgan fingerprint density at radius 3 is 2.74 bits per heavy atom. The van der Waals surface area contributed by atoms with Gasteiger partial charge in [0.2, 0.25) is 0 Å². The molecule has 1 aliphatic carbocycles. The van der Waals surface area contributed by atoms with Crippen molar-refractivity contribution in [2.24, 2.45) is 17.8 Å². The molecule has 1 aliphatic rings. The summed E-state index contributed by atoms with van der Waals surface area (Å²) in [6.07, 6.45) is 11.5. The van der Waals surface area contributed by atoms with E-state index in [2.05, 4.69) is 26.6 Å². The average molecular weight is 480 g/mol. The van der Waals surface area contributed by atoms with E-state index in [9.17, 15) is 4.39 Å². The molecule has 3 heterocycles. The Balaban J connectivity index is 1.64. The second kappa shape index (κ2) is 9.10. The van der Waals surface area contributed by atoms with Gasteiger partial charge in [-0.2, -0.15) is 10.2 Å². The molecular weight excluding hydrogens is 453 g/mol. The summed E-state index contributed by atoms with van der Waals surface area (Å²) in [6.45, 7) is 1.99. The summed E-state index contributed by atoms with van der Waals surface area (Å²) in [5.74, 6) is -0.200. The number of hydrogen-bond acceptors (Lipinski definition) is 4. The number of aromatic nitrogens is 4. The Morgan fingerprint density at radius 1 is 1.21 bits per heavy atom. The fourth-order valence-electron chi connectivity index (χ4n) is 4.65. The zero-order chi connectivity index (χ0) is 23.8. The summed E-state index contributed by atoms with van der Waals surface area (Å²) in [6, 6.07) is 6.47. The van der Waals surface area contributed by atoms with Crippen molar-refractivity contribution in [3.8, 4) is 11.1 Å². The zero-order valence-electron chi connectivity index (χ0n) is 19.2. The Morgan fingerprint density at radius 2 is 2.00 bits per heavy atom. The lowest BCUT2D eigenvalue weighted by atomic mass is 9.95. The molecule has 0 unspecified atom stereocenters. The van der Waals surface area contributed by atoms with Crippen molar-refractivity contribution in [1.29, 1.82) is 0 Å². The van der Waals surface area contributed by atoms with Crippen LogP contribution in [0.2, 0.25) is 5.02 Å². The molecule has 1 saturated carbocycles. The van der Waals surface area contributed by atoms with Gasteiger partial charge in [0, 0.05) is 42.7 Å². The van der Waals surface area contributed by atoms with Crippen LogP contribution in [-0.2, 0) is 7.05 Å². The van der Waals surface area contributed by atoms with Crippen LogP contribution >= 0.6 is 11.6 Å². The fourth-order valence-corrected chi connectivity index (χ4v) is 4.81. The first-order chi connectivity index (χ1) is 16.4. The first kappa shape index (κ1) is 22.4. The van der Waals surface area contributed by atoms with Crippen LogP contribution in [-0.4, -0.2) is 31.3 Å². The highest BCUT2D eigenvalue weighted by molar-refractivity contribution is 6.33. The van der Waals surface area contributed by atoms with E-state index in [0.29, 0.717) is 16.6 Å². The minimum atomic E-state index is -0.423. The van der Waals surface area contributed by atoms with Gasteiger partial charge in [-0.1, -0.05) is 30.9 Å². The minimum absolute atomic E-state index is 0.223. The third-order valence-corrected chi connectivity index (χ3v) is 6.66. The number of anilines is 1. The lowest BCUT2D eigenvalue weighted by Crippen LogP contribution is -2.25. The van der Waals surface area contributed by atoms with Gasteiger partial charge in [-0.25, -0.2) is 13.9 Å². The Hall–Kier alpha value is -3.39. The molecule has 4 aromatic rings. The van der Waals surface area contributed by atoms with Gasteiger partial charge in [-0.05, 0) is 38.0 Å². The molecule has 0 aliphatic heterocycles. The van der Waals surface area contributed by atoms with E-state index < -0.39 is 5.82 Å². The number of nitrogens with one attached hydrogen (secondary N) is 1. The van der Waals surface area contributed by atoms with E-state index in [1.54, 1.807) is 10.9 Å². The van der Waals surface area contributed by atoms with E-state index in [4.69, 9.17) is 17.3 Å². The van der Waals surface area contributed by atoms with E-state index in [-0.39, 0.29) is 11.5 Å². The quantitative estimate of drug-likeness (QED) is 0.287. The topological polar surface area (TPSA) is 85.5 Å². The van der Waals surface area contributed by atoms with Crippen LogP contribution in [0.1, 0.15) is 43.4 Å². The number of nitrogens with zero attached hydrogens (tertiary/aromatic N) is 5. The van der Waals surface area contributed by atoms with E-state index in [0.717, 1.165) is 40.9 Å². The number of halogens is 2. The number of fused-ring (bicyclic) bond motifs is 1. The molecule has 0 radical (unpaired) electrons. The normalized spacial score (nSPS) is 15.2. The fraction of sp³-hybridized carbons (Fsp3) is 0.320. The molecular formula is C25H27ClFN7. The predicted octanol–water partition coefficient (Wildman–Crippen LogP) is 5.62. The Labute approximate surface area is 202 Å². The number of nitrogens with two attached hydrogens (primary N) is 1. The molecule has 34 heavy (non-hydrogen) atoms. The summed E-state index contributed by atoms with van der Waals surface area (Å²) in [4.78, 5) is 4.45. The van der Waals surface area contributed by atoms with E-state index in [1.165, 1.54) is 37.5 Å². The van der Waals surface area contributed by atoms with Crippen molar-refractivity contribution >= 4 is 34.3 Å². The van der Waals surface area contributed by atoms with Gasteiger partial charge in [0.15, 0.2) is 0 Å². The smallest absolute Gasteiger partial charge is 0.135 e. The van der Waals surface area contributed by atoms with Crippen molar-refractivity contribution in [3.63, 3.8) is 0 Å². The number of rotatable bonds is 5. The maximum Gasteiger partial charge on any atom is 0.135 e. The molecule has 9 heteroatoms. The number of hydrogen-bond donors (Lipinski definition) is 2. The van der Waals surface area contributed by atoms with Gasteiger partial charge in [-0.15, -0.1) is 0 Å². The number of aryl methyl sites for hydroxylation is 2. The van der Waals surface area contributed by atoms with E-state index >= 15 is 0 Å². The third-order valence-electron chi connectivity index (χ3n) is 6.34. The van der Waals surface area contributed by atoms with Gasteiger partial charge in [0.05, 0.1) is 39.4 Å². The number of amidine groups is 1. The highest BCUT2D eigenvalue weighted by Crippen LogP contribution is 2.33. The monoisotopic (exact) mass is 479 g/mol. The summed E-state index contributed by atoms with van der Waals surface area (Å²) in [7, 11) is 1.91. The van der Waals surface area contributed by atoms with Crippen molar-refractivity contribution in [3.05, 3.63) is 65.0 Å². The van der Waals surface area contributed by atoms with Crippen molar-refractivity contribution in [1.82, 2.24) is 19.4 Å². The molecule has 1 fully saturated rings. The third kappa shape index (κ3) is 4.37. The summed E-state index contributed by atoms with van der Waals surface area (Å²) in [5, 5.41) is 13.1. The molecule has 3 aromatic heterocycles. The maximum atomic E-state index is 13.8. The van der Waals surface area contributed by atoms with Crippen LogP contribution in [0.25, 0.3) is 16.6 Å². The van der Waals surface area contributed by atoms with Gasteiger partial charge in [0.25, 0.3) is 0 Å². The lowest BCUT2D eigenvalue weighted by molar-refractivity contribution is 0.463. The van der Waals surface area contributed by atoms with Gasteiger partial charge < -0.3 is 11.1 Å². The second-order valence-electron chi connectivity index (χ2n) is 8.87. The zero-order valence-corrected chi connectivity index (χ0v) is 20.0. The molecule has 0 atom stereocenters. The van der Waals surface area contributed by atoms with Crippen molar-refractivity contribution in [2.75, 3.05) is 5.32 Å². The summed E-state index contributed by atoms with van der Waals surface area (Å²) < 4.78 is 17.4. The molecule has 1 aromatic carbocycles. The first-order valence-corrected chi connectivity index (χ1v) is 11.8. The molecule has 0 amide bonds. The number of aliphatic imine (C=N–C) groups is 1. The van der Waals surface area contributed by atoms with Crippen LogP contribution in [0.3, 0.4) is 0 Å². The second-order valence-corrected chi connectivity index (χ2v) is 9.27. The van der Waals surface area contributed by atoms with Crippen LogP contribution in [0.15, 0.2) is 47.8 Å². The van der Waals surface area contributed by atoms with Crippen molar-refractivity contribution < 1.29 is 4.39 Å². The SMILES string of the molecule is Cc1nn(C)cc1-c1cc2c(NC3CCCCC3)c(C(N)=Nc3cc(F)ccc3Cl)cnn2c1. The largest absolute Gasteiger partial charge is 0.383 e. The van der Waals surface area contributed by atoms with E-state index in [1.807, 2.05) is 30.9 Å². The molecule has 0 spiro atoms. The molecule has 0 saturated heterocycles. The molecule has 3 N–H and O–H groups in total. The first-order valence-electron chi connectivity index (χ1n) is 11.5. The summed E-state index contributed by atoms with van der Waals surface area (Å²) >= 11 is 6.23.